The maximum Gasteiger partial charge on any atom is 0.410 e. The number of aromatic nitrogens is 1. The van der Waals surface area contributed by atoms with Gasteiger partial charge in [-0.15, -0.1) is 0 Å². The van der Waals surface area contributed by atoms with Gasteiger partial charge in [-0.3, -0.25) is 4.79 Å². The van der Waals surface area contributed by atoms with E-state index in [1.165, 1.54) is 6.08 Å². The van der Waals surface area contributed by atoms with Crippen molar-refractivity contribution >= 4 is 34.9 Å². The summed E-state index contributed by atoms with van der Waals surface area (Å²) in [4.78, 5) is 33.1. The van der Waals surface area contributed by atoms with Gasteiger partial charge in [0.15, 0.2) is 0 Å². The van der Waals surface area contributed by atoms with Gasteiger partial charge < -0.3 is 24.3 Å². The van der Waals surface area contributed by atoms with Gasteiger partial charge >= 0.3 is 6.09 Å². The Morgan fingerprint density at radius 1 is 1.29 bits per heavy atom. The number of fused-ring (bicyclic) bond motifs is 2. The summed E-state index contributed by atoms with van der Waals surface area (Å²) in [5.74, 6) is 1.36. The monoisotopic (exact) mass is 476 g/mol. The van der Waals surface area contributed by atoms with Gasteiger partial charge in [-0.1, -0.05) is 18.2 Å². The molecule has 0 aliphatic carbocycles. The maximum atomic E-state index is 12.8. The number of carbonyl (C=O) groups is 2. The molecule has 0 saturated carbocycles. The second-order valence-electron chi connectivity index (χ2n) is 9.78. The number of likely N-dealkylation sites (N-methyl/N-ethyl adjacent to an activating group) is 1. The predicted molar refractivity (Wildman–Crippen MR) is 136 cm³/mol. The standard InChI is InChI=1S/C27H32N4O4/c1-18-21-8-6-7-9-22(21)34-23(18)17-30(5)24(32)11-10-19-14-20-16-31(26(33)35-27(2,3)4)13-12-28-25(20)29-15-19/h6-11,14-15H,12-13,16-17H2,1-5H3,(H,28,29)/b11-10+. The van der Waals surface area contributed by atoms with Gasteiger partial charge in [0.25, 0.3) is 0 Å². The van der Waals surface area contributed by atoms with E-state index in [1.54, 1.807) is 29.1 Å². The summed E-state index contributed by atoms with van der Waals surface area (Å²) in [7, 11) is 1.75. The molecule has 2 amide bonds. The van der Waals surface area contributed by atoms with E-state index in [-0.39, 0.29) is 12.0 Å². The molecule has 0 bridgehead atoms. The Morgan fingerprint density at radius 2 is 2.06 bits per heavy atom. The minimum atomic E-state index is -0.560. The van der Waals surface area contributed by atoms with Crippen LogP contribution in [0.2, 0.25) is 0 Å². The summed E-state index contributed by atoms with van der Waals surface area (Å²) >= 11 is 0. The molecule has 0 radical (unpaired) electrons. The zero-order valence-electron chi connectivity index (χ0n) is 20.9. The fourth-order valence-electron chi connectivity index (χ4n) is 3.94. The predicted octanol–water partition coefficient (Wildman–Crippen LogP) is 4.97. The molecule has 184 valence electrons. The lowest BCUT2D eigenvalue weighted by Gasteiger charge is -2.26. The topological polar surface area (TPSA) is 87.9 Å². The number of para-hydroxylation sites is 1. The van der Waals surface area contributed by atoms with Crippen molar-refractivity contribution in [2.24, 2.45) is 0 Å². The third-order valence-electron chi connectivity index (χ3n) is 5.79. The number of furan rings is 1. The van der Waals surface area contributed by atoms with E-state index in [0.29, 0.717) is 26.2 Å². The molecule has 0 unspecified atom stereocenters. The van der Waals surface area contributed by atoms with Gasteiger partial charge in [-0.2, -0.15) is 0 Å². The molecule has 35 heavy (non-hydrogen) atoms. The second-order valence-corrected chi connectivity index (χ2v) is 9.78. The summed E-state index contributed by atoms with van der Waals surface area (Å²) in [6.45, 7) is 9.41. The Balaban J connectivity index is 1.44. The number of hydrogen-bond acceptors (Lipinski definition) is 6. The number of anilines is 1. The van der Waals surface area contributed by atoms with Crippen LogP contribution in [0, 0.1) is 6.92 Å². The number of nitrogens with zero attached hydrogens (tertiary/aromatic N) is 3. The van der Waals surface area contributed by atoms with Gasteiger partial charge in [0, 0.05) is 48.9 Å². The quantitative estimate of drug-likeness (QED) is 0.535. The number of rotatable bonds is 4. The number of pyridine rings is 1. The third-order valence-corrected chi connectivity index (χ3v) is 5.79. The Kier molecular flexibility index (Phi) is 6.82. The van der Waals surface area contributed by atoms with Crippen molar-refractivity contribution < 1.29 is 18.7 Å². The average molecular weight is 477 g/mol. The molecule has 0 spiro atoms. The fraction of sp³-hybridized carbons (Fsp3) is 0.370. The van der Waals surface area contributed by atoms with Crippen molar-refractivity contribution in [1.29, 1.82) is 0 Å². The number of nitrogens with one attached hydrogen (secondary N) is 1. The number of amides is 2. The van der Waals surface area contributed by atoms with Gasteiger partial charge in [-0.25, -0.2) is 9.78 Å². The largest absolute Gasteiger partial charge is 0.459 e. The van der Waals surface area contributed by atoms with Gasteiger partial charge in [0.1, 0.15) is 22.8 Å². The van der Waals surface area contributed by atoms with Gasteiger partial charge in [0.05, 0.1) is 13.1 Å². The van der Waals surface area contributed by atoms with E-state index in [4.69, 9.17) is 9.15 Å². The van der Waals surface area contributed by atoms with Crippen LogP contribution < -0.4 is 5.32 Å². The smallest absolute Gasteiger partial charge is 0.410 e. The highest BCUT2D eigenvalue weighted by Gasteiger charge is 2.25. The molecule has 4 rings (SSSR count). The summed E-state index contributed by atoms with van der Waals surface area (Å²) in [6, 6.07) is 9.79. The normalized spacial score (nSPS) is 13.9. The first-order valence-electron chi connectivity index (χ1n) is 11.7. The van der Waals surface area contributed by atoms with E-state index in [0.717, 1.165) is 39.2 Å². The molecular formula is C27H32N4O4. The van der Waals surface area contributed by atoms with E-state index < -0.39 is 5.60 Å². The number of carbonyl (C=O) groups excluding carboxylic acids is 2. The summed E-state index contributed by atoms with van der Waals surface area (Å²) in [6.07, 6.45) is 4.62. The molecule has 1 aliphatic rings. The first-order valence-corrected chi connectivity index (χ1v) is 11.7. The third kappa shape index (κ3) is 5.82. The van der Waals surface area contributed by atoms with Crippen molar-refractivity contribution in [3.05, 3.63) is 65.1 Å². The molecule has 1 aliphatic heterocycles. The van der Waals surface area contributed by atoms with E-state index in [9.17, 15) is 9.59 Å². The Hall–Kier alpha value is -3.81. The van der Waals surface area contributed by atoms with E-state index >= 15 is 0 Å². The molecule has 2 aromatic heterocycles. The van der Waals surface area contributed by atoms with Crippen molar-refractivity contribution in [2.75, 3.05) is 25.5 Å². The lowest BCUT2D eigenvalue weighted by atomic mass is 10.1. The lowest BCUT2D eigenvalue weighted by molar-refractivity contribution is -0.125. The molecule has 0 fully saturated rings. The molecule has 0 atom stereocenters. The molecule has 0 saturated heterocycles. The van der Waals surface area contributed by atoms with Crippen LogP contribution in [-0.4, -0.2) is 52.5 Å². The SMILES string of the molecule is Cc1c(CN(C)C(=O)/C=C/c2cnc3c(c2)CN(C(=O)OC(C)(C)C)CCN3)oc2ccccc12. The number of aryl methyl sites for hydroxylation is 1. The van der Waals surface area contributed by atoms with Crippen molar-refractivity contribution in [2.45, 2.75) is 46.4 Å². The Bertz CT molecular complexity index is 1270. The van der Waals surface area contributed by atoms with Crippen LogP contribution in [0.3, 0.4) is 0 Å². The summed E-state index contributed by atoms with van der Waals surface area (Å²) in [5.41, 5.74) is 2.95. The lowest BCUT2D eigenvalue weighted by Crippen LogP contribution is -2.37. The maximum absolute atomic E-state index is 12.8. The Morgan fingerprint density at radius 3 is 2.80 bits per heavy atom. The van der Waals surface area contributed by atoms with Crippen LogP contribution in [-0.2, 0) is 22.6 Å². The zero-order chi connectivity index (χ0) is 25.2. The second kappa shape index (κ2) is 9.82. The molecule has 3 heterocycles. The molecule has 8 heteroatoms. The molecule has 8 nitrogen and oxygen atoms in total. The summed E-state index contributed by atoms with van der Waals surface area (Å²) in [5, 5.41) is 4.32. The highest BCUT2D eigenvalue weighted by Crippen LogP contribution is 2.26. The van der Waals surface area contributed by atoms with Crippen molar-refractivity contribution in [3.63, 3.8) is 0 Å². The molecule has 1 aromatic carbocycles. The van der Waals surface area contributed by atoms with E-state index in [2.05, 4.69) is 10.3 Å². The zero-order valence-corrected chi connectivity index (χ0v) is 20.9. The highest BCUT2D eigenvalue weighted by molar-refractivity contribution is 5.91. The van der Waals surface area contributed by atoms with Crippen LogP contribution >= 0.6 is 0 Å². The molecule has 3 aromatic rings. The van der Waals surface area contributed by atoms with Crippen LogP contribution in [0.5, 0.6) is 0 Å². The number of ether oxygens (including phenoxy) is 1. The van der Waals surface area contributed by atoms with Crippen LogP contribution in [0.4, 0.5) is 10.6 Å². The number of hydrogen-bond donors (Lipinski definition) is 1. The molecule has 1 N–H and O–H groups in total. The minimum Gasteiger partial charge on any atom is -0.459 e. The Labute approximate surface area is 205 Å². The average Bonchev–Trinajstić information content (AvgIpc) is 2.98. The van der Waals surface area contributed by atoms with Crippen LogP contribution in [0.1, 0.15) is 43.2 Å². The van der Waals surface area contributed by atoms with Crippen molar-refractivity contribution in [1.82, 2.24) is 14.8 Å². The molecular weight excluding hydrogens is 444 g/mol. The van der Waals surface area contributed by atoms with Gasteiger partial charge in [0.2, 0.25) is 5.91 Å². The minimum absolute atomic E-state index is 0.145. The van der Waals surface area contributed by atoms with Crippen LogP contribution in [0.15, 0.2) is 47.0 Å². The van der Waals surface area contributed by atoms with Gasteiger partial charge in [-0.05, 0) is 51.5 Å². The highest BCUT2D eigenvalue weighted by atomic mass is 16.6. The first kappa shape index (κ1) is 24.3. The van der Waals surface area contributed by atoms with E-state index in [1.807, 2.05) is 58.0 Å². The number of benzene rings is 1. The fourth-order valence-corrected chi connectivity index (χ4v) is 3.94. The first-order chi connectivity index (χ1) is 16.6. The van der Waals surface area contributed by atoms with Crippen LogP contribution in [0.25, 0.3) is 17.0 Å². The summed E-state index contributed by atoms with van der Waals surface area (Å²) < 4.78 is 11.5. The van der Waals surface area contributed by atoms with Crippen molar-refractivity contribution in [3.8, 4) is 0 Å².